The number of amides is 2. The molecule has 108 valence electrons. The van der Waals surface area contributed by atoms with Gasteiger partial charge in [-0.2, -0.15) is 0 Å². The lowest BCUT2D eigenvalue weighted by atomic mass is 9.99. The summed E-state index contributed by atoms with van der Waals surface area (Å²) in [6, 6.07) is -0.0845. The third-order valence-electron chi connectivity index (χ3n) is 4.38. The molecule has 0 aliphatic carbocycles. The van der Waals surface area contributed by atoms with Crippen molar-refractivity contribution in [2.75, 3.05) is 26.2 Å². The van der Waals surface area contributed by atoms with Gasteiger partial charge in [0.25, 0.3) is 0 Å². The first-order chi connectivity index (χ1) is 8.90. The molecule has 0 radical (unpaired) electrons. The number of carbonyl (C=O) groups is 2. The van der Waals surface area contributed by atoms with E-state index >= 15 is 0 Å². The predicted molar refractivity (Wildman–Crippen MR) is 68.6 cm³/mol. The van der Waals surface area contributed by atoms with Gasteiger partial charge < -0.3 is 20.0 Å². The molecule has 6 nitrogen and oxygen atoms in total. The molecule has 0 aromatic carbocycles. The van der Waals surface area contributed by atoms with Gasteiger partial charge in [-0.05, 0) is 19.3 Å². The number of rotatable bonds is 2. The van der Waals surface area contributed by atoms with Crippen LogP contribution in [0, 0.1) is 17.8 Å². The smallest absolute Gasteiger partial charge is 0.320 e. The highest BCUT2D eigenvalue weighted by atomic mass is 16.4. The van der Waals surface area contributed by atoms with Gasteiger partial charge in [0.15, 0.2) is 0 Å². The van der Waals surface area contributed by atoms with Crippen LogP contribution < -0.4 is 0 Å². The lowest BCUT2D eigenvalue weighted by molar-refractivity contribution is -0.142. The number of carboxylic acid groups (broad SMARTS) is 1. The Balaban J connectivity index is 1.93. The summed E-state index contributed by atoms with van der Waals surface area (Å²) in [7, 11) is 0. The molecule has 0 bridgehead atoms. The Morgan fingerprint density at radius 2 is 1.89 bits per heavy atom. The van der Waals surface area contributed by atoms with Gasteiger partial charge in [-0.15, -0.1) is 0 Å². The SMILES string of the molecule is CC(O)C1CCN(C(=O)N2C[C@@H](C)[C@H](C(=O)O)C2)C1. The van der Waals surface area contributed by atoms with Crippen molar-refractivity contribution in [2.24, 2.45) is 17.8 Å². The molecule has 0 spiro atoms. The maximum Gasteiger partial charge on any atom is 0.320 e. The molecule has 2 aliphatic heterocycles. The Kier molecular flexibility index (Phi) is 3.99. The largest absolute Gasteiger partial charge is 0.481 e. The molecule has 2 rings (SSSR count). The van der Waals surface area contributed by atoms with Crippen LogP contribution in [0.5, 0.6) is 0 Å². The van der Waals surface area contributed by atoms with Crippen molar-refractivity contribution in [2.45, 2.75) is 26.4 Å². The van der Waals surface area contributed by atoms with E-state index in [0.29, 0.717) is 26.2 Å². The summed E-state index contributed by atoms with van der Waals surface area (Å²) < 4.78 is 0. The Morgan fingerprint density at radius 1 is 1.21 bits per heavy atom. The van der Waals surface area contributed by atoms with Crippen LogP contribution >= 0.6 is 0 Å². The number of urea groups is 1. The molecule has 2 saturated heterocycles. The standard InChI is InChI=1S/C13H22N2O4/c1-8-5-15(7-11(8)12(17)18)13(19)14-4-3-10(6-14)9(2)16/h8-11,16H,3-7H2,1-2H3,(H,17,18)/t8-,9?,10?,11-/m1/s1. The third-order valence-corrected chi connectivity index (χ3v) is 4.38. The third kappa shape index (κ3) is 2.83. The number of carboxylic acids is 1. The minimum atomic E-state index is -0.828. The molecule has 19 heavy (non-hydrogen) atoms. The zero-order valence-electron chi connectivity index (χ0n) is 11.5. The first kappa shape index (κ1) is 14.1. The van der Waals surface area contributed by atoms with Gasteiger partial charge in [-0.25, -0.2) is 4.79 Å². The fourth-order valence-electron chi connectivity index (χ4n) is 3.00. The summed E-state index contributed by atoms with van der Waals surface area (Å²) in [6.07, 6.45) is 0.414. The van der Waals surface area contributed by atoms with E-state index in [1.807, 2.05) is 6.92 Å². The molecule has 0 aromatic heterocycles. The summed E-state index contributed by atoms with van der Waals surface area (Å²) in [5.74, 6) is -1.15. The number of aliphatic carboxylic acids is 1. The number of nitrogens with zero attached hydrogens (tertiary/aromatic N) is 2. The van der Waals surface area contributed by atoms with Crippen molar-refractivity contribution >= 4 is 12.0 Å². The second kappa shape index (κ2) is 5.36. The molecular formula is C13H22N2O4. The fraction of sp³-hybridized carbons (Fsp3) is 0.846. The highest BCUT2D eigenvalue weighted by Gasteiger charge is 2.40. The Labute approximate surface area is 113 Å². The quantitative estimate of drug-likeness (QED) is 0.764. The first-order valence-electron chi connectivity index (χ1n) is 6.85. The molecule has 0 aromatic rings. The summed E-state index contributed by atoms with van der Waals surface area (Å²) >= 11 is 0. The molecule has 6 heteroatoms. The monoisotopic (exact) mass is 270 g/mol. The van der Waals surface area contributed by atoms with Crippen LogP contribution in [0.1, 0.15) is 20.3 Å². The minimum Gasteiger partial charge on any atom is -0.481 e. The van der Waals surface area contributed by atoms with E-state index < -0.39 is 18.0 Å². The van der Waals surface area contributed by atoms with E-state index in [1.165, 1.54) is 0 Å². The van der Waals surface area contributed by atoms with E-state index in [-0.39, 0.29) is 17.9 Å². The summed E-state index contributed by atoms with van der Waals surface area (Å²) in [4.78, 5) is 26.7. The fourth-order valence-corrected chi connectivity index (χ4v) is 3.00. The summed E-state index contributed by atoms with van der Waals surface area (Å²) in [5, 5.41) is 18.6. The predicted octanol–water partition coefficient (Wildman–Crippen LogP) is 0.462. The van der Waals surface area contributed by atoms with Crippen LogP contribution in [0.3, 0.4) is 0 Å². The maximum absolute atomic E-state index is 12.3. The van der Waals surface area contributed by atoms with Gasteiger partial charge in [-0.3, -0.25) is 4.79 Å². The zero-order chi connectivity index (χ0) is 14.2. The van der Waals surface area contributed by atoms with Crippen molar-refractivity contribution in [1.82, 2.24) is 9.80 Å². The zero-order valence-corrected chi connectivity index (χ0v) is 11.5. The average Bonchev–Trinajstić information content (AvgIpc) is 2.94. The van der Waals surface area contributed by atoms with Gasteiger partial charge in [-0.1, -0.05) is 6.92 Å². The van der Waals surface area contributed by atoms with E-state index in [2.05, 4.69) is 0 Å². The van der Waals surface area contributed by atoms with Crippen LogP contribution in [0.4, 0.5) is 4.79 Å². The van der Waals surface area contributed by atoms with E-state index in [0.717, 1.165) is 6.42 Å². The van der Waals surface area contributed by atoms with E-state index in [1.54, 1.807) is 16.7 Å². The first-order valence-corrected chi connectivity index (χ1v) is 6.85. The molecule has 4 atom stereocenters. The second-order valence-corrected chi connectivity index (χ2v) is 5.84. The number of likely N-dealkylation sites (tertiary alicyclic amines) is 2. The van der Waals surface area contributed by atoms with E-state index in [9.17, 15) is 14.7 Å². The molecular weight excluding hydrogens is 248 g/mol. The Bertz CT molecular complexity index is 372. The average molecular weight is 270 g/mol. The molecule has 2 unspecified atom stereocenters. The number of hydrogen-bond donors (Lipinski definition) is 2. The Hall–Kier alpha value is -1.30. The lowest BCUT2D eigenvalue weighted by Crippen LogP contribution is -2.41. The van der Waals surface area contributed by atoms with Crippen molar-refractivity contribution in [3.05, 3.63) is 0 Å². The van der Waals surface area contributed by atoms with Gasteiger partial charge in [0.05, 0.1) is 12.0 Å². The van der Waals surface area contributed by atoms with Gasteiger partial charge >= 0.3 is 12.0 Å². The molecule has 0 saturated carbocycles. The van der Waals surface area contributed by atoms with E-state index in [4.69, 9.17) is 5.11 Å². The van der Waals surface area contributed by atoms with Crippen molar-refractivity contribution in [3.8, 4) is 0 Å². The van der Waals surface area contributed by atoms with Gasteiger partial charge in [0.1, 0.15) is 0 Å². The molecule has 2 fully saturated rings. The van der Waals surface area contributed by atoms with Crippen LogP contribution in [0.2, 0.25) is 0 Å². The molecule has 2 heterocycles. The van der Waals surface area contributed by atoms with Gasteiger partial charge in [0, 0.05) is 32.1 Å². The lowest BCUT2D eigenvalue weighted by Gasteiger charge is -2.24. The van der Waals surface area contributed by atoms with Gasteiger partial charge in [0.2, 0.25) is 0 Å². The van der Waals surface area contributed by atoms with Crippen molar-refractivity contribution < 1.29 is 19.8 Å². The highest BCUT2D eigenvalue weighted by molar-refractivity contribution is 5.78. The number of hydrogen-bond acceptors (Lipinski definition) is 3. The minimum absolute atomic E-state index is 0.00313. The van der Waals surface area contributed by atoms with Crippen LogP contribution in [-0.2, 0) is 4.79 Å². The topological polar surface area (TPSA) is 81.1 Å². The number of carbonyl (C=O) groups excluding carboxylic acids is 1. The molecule has 2 aliphatic rings. The molecule has 2 N–H and O–H groups in total. The number of aliphatic hydroxyl groups is 1. The summed E-state index contributed by atoms with van der Waals surface area (Å²) in [6.45, 7) is 5.64. The number of aliphatic hydroxyl groups excluding tert-OH is 1. The molecule has 2 amide bonds. The van der Waals surface area contributed by atoms with Crippen LogP contribution in [0.25, 0.3) is 0 Å². The summed E-state index contributed by atoms with van der Waals surface area (Å²) in [5.41, 5.74) is 0. The van der Waals surface area contributed by atoms with Crippen LogP contribution in [-0.4, -0.2) is 64.3 Å². The van der Waals surface area contributed by atoms with Crippen molar-refractivity contribution in [3.63, 3.8) is 0 Å². The highest BCUT2D eigenvalue weighted by Crippen LogP contribution is 2.26. The normalized spacial score (nSPS) is 32.7. The maximum atomic E-state index is 12.3. The Morgan fingerprint density at radius 3 is 2.37 bits per heavy atom. The second-order valence-electron chi connectivity index (χ2n) is 5.84. The van der Waals surface area contributed by atoms with Crippen LogP contribution in [0.15, 0.2) is 0 Å². The van der Waals surface area contributed by atoms with Crippen molar-refractivity contribution in [1.29, 1.82) is 0 Å².